The van der Waals surface area contributed by atoms with E-state index in [1.807, 2.05) is 6.08 Å². The van der Waals surface area contributed by atoms with Gasteiger partial charge in [0.05, 0.1) is 0 Å². The molecule has 0 fully saturated rings. The molecule has 0 heterocycles. The molecule has 0 unspecified atom stereocenters. The summed E-state index contributed by atoms with van der Waals surface area (Å²) >= 11 is 0. The van der Waals surface area contributed by atoms with Gasteiger partial charge in [-0.1, -0.05) is 12.0 Å². The second-order valence-corrected chi connectivity index (χ2v) is 3.00. The van der Waals surface area contributed by atoms with Crippen LogP contribution in [-0.4, -0.2) is 18.4 Å². The van der Waals surface area contributed by atoms with Gasteiger partial charge in [0, 0.05) is 17.9 Å². The quantitative estimate of drug-likeness (QED) is 0.375. The molecule has 0 aromatic carbocycles. The number of esters is 1. The van der Waals surface area contributed by atoms with Gasteiger partial charge in [0.1, 0.15) is 6.61 Å². The zero-order valence-corrected chi connectivity index (χ0v) is 8.13. The largest absolute Gasteiger partial charge is 0.451 e. The van der Waals surface area contributed by atoms with Crippen LogP contribution in [-0.2, 0) is 14.3 Å². The van der Waals surface area contributed by atoms with Crippen molar-refractivity contribution in [1.29, 1.82) is 0 Å². The average molecular weight is 192 g/mol. The SMILES string of the molecule is CC#CC(=O)OCC1=CCCCC1=O. The zero-order valence-electron chi connectivity index (χ0n) is 8.13. The summed E-state index contributed by atoms with van der Waals surface area (Å²) in [5.74, 6) is 4.19. The van der Waals surface area contributed by atoms with Gasteiger partial charge in [0.15, 0.2) is 5.78 Å². The summed E-state index contributed by atoms with van der Waals surface area (Å²) in [6.07, 6.45) is 4.17. The molecule has 74 valence electrons. The molecular weight excluding hydrogens is 180 g/mol. The van der Waals surface area contributed by atoms with Crippen molar-refractivity contribution in [3.8, 4) is 11.8 Å². The van der Waals surface area contributed by atoms with Crippen molar-refractivity contribution in [3.05, 3.63) is 11.6 Å². The highest BCUT2D eigenvalue weighted by Crippen LogP contribution is 2.13. The first-order valence-corrected chi connectivity index (χ1v) is 4.56. The highest BCUT2D eigenvalue weighted by molar-refractivity contribution is 5.97. The Morgan fingerprint density at radius 1 is 1.64 bits per heavy atom. The van der Waals surface area contributed by atoms with Crippen molar-refractivity contribution in [3.63, 3.8) is 0 Å². The summed E-state index contributed by atoms with van der Waals surface area (Å²) < 4.78 is 4.79. The van der Waals surface area contributed by atoms with E-state index in [0.717, 1.165) is 12.8 Å². The number of hydrogen-bond donors (Lipinski definition) is 0. The lowest BCUT2D eigenvalue weighted by Gasteiger charge is -2.10. The monoisotopic (exact) mass is 192 g/mol. The van der Waals surface area contributed by atoms with Crippen LogP contribution in [0.4, 0.5) is 0 Å². The van der Waals surface area contributed by atoms with Crippen molar-refractivity contribution < 1.29 is 14.3 Å². The summed E-state index contributed by atoms with van der Waals surface area (Å²) in [4.78, 5) is 22.1. The molecular formula is C11H12O3. The fourth-order valence-electron chi connectivity index (χ4n) is 1.23. The molecule has 0 saturated heterocycles. The summed E-state index contributed by atoms with van der Waals surface area (Å²) in [5.41, 5.74) is 0.600. The highest BCUT2D eigenvalue weighted by atomic mass is 16.5. The van der Waals surface area contributed by atoms with E-state index in [1.54, 1.807) is 6.92 Å². The summed E-state index contributed by atoms with van der Waals surface area (Å²) in [6, 6.07) is 0. The van der Waals surface area contributed by atoms with Crippen LogP contribution in [0.15, 0.2) is 11.6 Å². The van der Waals surface area contributed by atoms with Gasteiger partial charge in [-0.05, 0) is 19.8 Å². The molecule has 0 spiro atoms. The van der Waals surface area contributed by atoms with Crippen LogP contribution in [0.25, 0.3) is 0 Å². The lowest BCUT2D eigenvalue weighted by Crippen LogP contribution is -2.14. The van der Waals surface area contributed by atoms with Gasteiger partial charge in [-0.15, -0.1) is 0 Å². The van der Waals surface area contributed by atoms with E-state index < -0.39 is 5.97 Å². The molecule has 0 atom stereocenters. The third-order valence-electron chi connectivity index (χ3n) is 1.94. The Morgan fingerprint density at radius 2 is 2.43 bits per heavy atom. The Kier molecular flexibility index (Phi) is 3.93. The number of ether oxygens (including phenoxy) is 1. The number of carbonyl (C=O) groups is 2. The third kappa shape index (κ3) is 3.06. The molecule has 0 bridgehead atoms. The van der Waals surface area contributed by atoms with E-state index in [4.69, 9.17) is 4.74 Å². The van der Waals surface area contributed by atoms with Crippen LogP contribution in [0.1, 0.15) is 26.2 Å². The summed E-state index contributed by atoms with van der Waals surface area (Å²) in [5, 5.41) is 0. The number of rotatable bonds is 2. The van der Waals surface area contributed by atoms with E-state index in [0.29, 0.717) is 12.0 Å². The lowest BCUT2D eigenvalue weighted by atomic mass is 9.99. The van der Waals surface area contributed by atoms with Crippen molar-refractivity contribution in [2.45, 2.75) is 26.2 Å². The van der Waals surface area contributed by atoms with Gasteiger partial charge in [0.25, 0.3) is 0 Å². The first kappa shape index (κ1) is 10.5. The van der Waals surface area contributed by atoms with Crippen molar-refractivity contribution >= 4 is 11.8 Å². The minimum absolute atomic E-state index is 0.0619. The molecule has 0 saturated carbocycles. The zero-order chi connectivity index (χ0) is 10.4. The molecule has 0 aliphatic heterocycles. The Morgan fingerprint density at radius 3 is 3.07 bits per heavy atom. The predicted molar refractivity (Wildman–Crippen MR) is 51.4 cm³/mol. The van der Waals surface area contributed by atoms with E-state index in [9.17, 15) is 9.59 Å². The van der Waals surface area contributed by atoms with Gasteiger partial charge in [-0.2, -0.15) is 0 Å². The van der Waals surface area contributed by atoms with E-state index in [-0.39, 0.29) is 12.4 Å². The molecule has 1 rings (SSSR count). The van der Waals surface area contributed by atoms with Crippen molar-refractivity contribution in [1.82, 2.24) is 0 Å². The number of carbonyl (C=O) groups excluding carboxylic acids is 2. The molecule has 14 heavy (non-hydrogen) atoms. The number of Topliss-reactive ketones (excluding diaryl/α,β-unsaturated/α-hetero) is 1. The topological polar surface area (TPSA) is 43.4 Å². The standard InChI is InChI=1S/C11H12O3/c1-2-5-11(13)14-8-9-6-3-4-7-10(9)12/h6H,3-4,7-8H2,1H3. The van der Waals surface area contributed by atoms with Gasteiger partial charge >= 0.3 is 5.97 Å². The number of ketones is 1. The molecule has 1 aliphatic rings. The van der Waals surface area contributed by atoms with Crippen LogP contribution in [0, 0.1) is 11.8 Å². The smallest absolute Gasteiger partial charge is 0.384 e. The first-order chi connectivity index (χ1) is 6.74. The highest BCUT2D eigenvalue weighted by Gasteiger charge is 2.14. The molecule has 0 aromatic heterocycles. The van der Waals surface area contributed by atoms with E-state index in [1.165, 1.54) is 0 Å². The third-order valence-corrected chi connectivity index (χ3v) is 1.94. The molecule has 3 heteroatoms. The van der Waals surface area contributed by atoms with Crippen LogP contribution >= 0.6 is 0 Å². The van der Waals surface area contributed by atoms with Gasteiger partial charge in [0.2, 0.25) is 0 Å². The maximum Gasteiger partial charge on any atom is 0.384 e. The first-order valence-electron chi connectivity index (χ1n) is 4.56. The van der Waals surface area contributed by atoms with Crippen LogP contribution < -0.4 is 0 Å². The minimum Gasteiger partial charge on any atom is -0.451 e. The van der Waals surface area contributed by atoms with E-state index >= 15 is 0 Å². The fraction of sp³-hybridized carbons (Fsp3) is 0.455. The number of allylic oxidation sites excluding steroid dienone is 1. The van der Waals surface area contributed by atoms with Gasteiger partial charge in [-0.3, -0.25) is 4.79 Å². The summed E-state index contributed by atoms with van der Waals surface area (Å²) in [6.45, 7) is 1.62. The van der Waals surface area contributed by atoms with Gasteiger partial charge < -0.3 is 4.74 Å². The van der Waals surface area contributed by atoms with E-state index in [2.05, 4.69) is 11.8 Å². The van der Waals surface area contributed by atoms with Gasteiger partial charge in [-0.25, -0.2) is 4.79 Å². The molecule has 3 nitrogen and oxygen atoms in total. The van der Waals surface area contributed by atoms with Crippen LogP contribution in [0.5, 0.6) is 0 Å². The number of hydrogen-bond acceptors (Lipinski definition) is 3. The normalized spacial score (nSPS) is 15.2. The second kappa shape index (κ2) is 5.23. The molecule has 0 N–H and O–H groups in total. The Bertz CT molecular complexity index is 328. The fourth-order valence-corrected chi connectivity index (χ4v) is 1.23. The lowest BCUT2D eigenvalue weighted by molar-refractivity contribution is -0.136. The second-order valence-electron chi connectivity index (χ2n) is 3.00. The maximum atomic E-state index is 11.3. The van der Waals surface area contributed by atoms with Crippen LogP contribution in [0.3, 0.4) is 0 Å². The Labute approximate surface area is 83.1 Å². The molecule has 0 amide bonds. The Balaban J connectivity index is 2.43. The van der Waals surface area contributed by atoms with Crippen molar-refractivity contribution in [2.75, 3.05) is 6.61 Å². The van der Waals surface area contributed by atoms with Crippen molar-refractivity contribution in [2.24, 2.45) is 0 Å². The molecule has 0 aromatic rings. The average Bonchev–Trinajstić information content (AvgIpc) is 2.17. The maximum absolute atomic E-state index is 11.3. The molecule has 1 aliphatic carbocycles. The van der Waals surface area contributed by atoms with Crippen LogP contribution in [0.2, 0.25) is 0 Å². The minimum atomic E-state index is -0.577. The predicted octanol–water partition coefficient (Wildman–Crippen LogP) is 1.23. The summed E-state index contributed by atoms with van der Waals surface area (Å²) in [7, 11) is 0. The Hall–Kier alpha value is -1.56. The molecule has 0 radical (unpaired) electrons.